The molecule has 82 valence electrons. The summed E-state index contributed by atoms with van der Waals surface area (Å²) in [6.07, 6.45) is -0.322. The molecular formula is C11H15NO3. The fraction of sp³-hybridized carbons (Fsp3) is 0.455. The van der Waals surface area contributed by atoms with E-state index in [2.05, 4.69) is 0 Å². The second kappa shape index (κ2) is 3.72. The Bertz CT molecular complexity index is 351. The number of benzene rings is 1. The van der Waals surface area contributed by atoms with Gasteiger partial charge in [0.1, 0.15) is 6.61 Å². The zero-order chi connectivity index (χ0) is 10.9. The van der Waals surface area contributed by atoms with Crippen molar-refractivity contribution in [2.45, 2.75) is 18.6 Å². The molecule has 1 aromatic carbocycles. The van der Waals surface area contributed by atoms with Crippen molar-refractivity contribution < 1.29 is 14.6 Å². The molecule has 0 saturated carbocycles. The molecular weight excluding hydrogens is 194 g/mol. The Labute approximate surface area is 88.6 Å². The second-order valence-electron chi connectivity index (χ2n) is 4.03. The Morgan fingerprint density at radius 3 is 2.80 bits per heavy atom. The fourth-order valence-corrected chi connectivity index (χ4v) is 1.45. The minimum Gasteiger partial charge on any atom is -0.486 e. The minimum absolute atomic E-state index is 0.136. The van der Waals surface area contributed by atoms with Crippen LogP contribution >= 0.6 is 0 Å². The Morgan fingerprint density at radius 2 is 2.13 bits per heavy atom. The van der Waals surface area contributed by atoms with Crippen LogP contribution in [0.4, 0.5) is 0 Å². The summed E-state index contributed by atoms with van der Waals surface area (Å²) in [5.74, 6) is 1.40. The molecule has 0 fully saturated rings. The van der Waals surface area contributed by atoms with Crippen LogP contribution in [-0.4, -0.2) is 30.0 Å². The zero-order valence-electron chi connectivity index (χ0n) is 8.64. The van der Waals surface area contributed by atoms with Crippen LogP contribution in [-0.2, 0) is 0 Å². The molecule has 1 aliphatic rings. The van der Waals surface area contributed by atoms with E-state index in [0.29, 0.717) is 12.4 Å². The van der Waals surface area contributed by atoms with Crippen LogP contribution in [0, 0.1) is 0 Å². The Hall–Kier alpha value is -1.26. The Kier molecular flexibility index (Phi) is 2.54. The van der Waals surface area contributed by atoms with Crippen molar-refractivity contribution in [3.63, 3.8) is 0 Å². The van der Waals surface area contributed by atoms with Crippen LogP contribution in [0.3, 0.4) is 0 Å². The highest BCUT2D eigenvalue weighted by Gasteiger charge is 2.35. The first-order chi connectivity index (χ1) is 7.13. The van der Waals surface area contributed by atoms with Gasteiger partial charge >= 0.3 is 0 Å². The molecule has 3 N–H and O–H groups in total. The standard InChI is InChI=1S/C11H15NO3/c1-11(12,7-13)10-6-14-8-4-2-3-5-9(8)15-10/h2-5,10,13H,6-7,12H2,1H3. The number of nitrogens with two attached hydrogens (primary N) is 1. The van der Waals surface area contributed by atoms with Crippen molar-refractivity contribution in [2.24, 2.45) is 5.73 Å². The molecule has 1 aromatic rings. The number of aliphatic hydroxyl groups excluding tert-OH is 1. The highest BCUT2D eigenvalue weighted by atomic mass is 16.6. The number of fused-ring (bicyclic) bond motifs is 1. The van der Waals surface area contributed by atoms with E-state index in [9.17, 15) is 0 Å². The van der Waals surface area contributed by atoms with E-state index in [1.165, 1.54) is 0 Å². The molecule has 2 unspecified atom stereocenters. The second-order valence-corrected chi connectivity index (χ2v) is 4.03. The third-order valence-corrected chi connectivity index (χ3v) is 2.58. The van der Waals surface area contributed by atoms with E-state index < -0.39 is 5.54 Å². The molecule has 0 amide bonds. The number of para-hydroxylation sites is 2. The van der Waals surface area contributed by atoms with Gasteiger partial charge in [0, 0.05) is 0 Å². The van der Waals surface area contributed by atoms with Gasteiger partial charge in [-0.25, -0.2) is 0 Å². The third-order valence-electron chi connectivity index (χ3n) is 2.58. The molecule has 0 aromatic heterocycles. The lowest BCUT2D eigenvalue weighted by atomic mass is 9.97. The number of hydrogen-bond donors (Lipinski definition) is 2. The van der Waals surface area contributed by atoms with Crippen LogP contribution < -0.4 is 15.2 Å². The lowest BCUT2D eigenvalue weighted by Crippen LogP contribution is -2.57. The normalized spacial score (nSPS) is 23.3. The van der Waals surface area contributed by atoms with Gasteiger partial charge in [0.25, 0.3) is 0 Å². The quantitative estimate of drug-likeness (QED) is 0.746. The number of aliphatic hydroxyl groups is 1. The zero-order valence-corrected chi connectivity index (χ0v) is 8.64. The molecule has 4 nitrogen and oxygen atoms in total. The summed E-state index contributed by atoms with van der Waals surface area (Å²) >= 11 is 0. The van der Waals surface area contributed by atoms with Crippen molar-refractivity contribution in [1.82, 2.24) is 0 Å². The van der Waals surface area contributed by atoms with Crippen LogP contribution in [0.2, 0.25) is 0 Å². The summed E-state index contributed by atoms with van der Waals surface area (Å²) in [5, 5.41) is 9.13. The largest absolute Gasteiger partial charge is 0.486 e. The summed E-state index contributed by atoms with van der Waals surface area (Å²) in [6, 6.07) is 7.43. The number of rotatable bonds is 2. The van der Waals surface area contributed by atoms with Crippen LogP contribution in [0.15, 0.2) is 24.3 Å². The summed E-state index contributed by atoms with van der Waals surface area (Å²) in [4.78, 5) is 0. The van der Waals surface area contributed by atoms with Gasteiger partial charge in [-0.2, -0.15) is 0 Å². The van der Waals surface area contributed by atoms with E-state index >= 15 is 0 Å². The van der Waals surface area contributed by atoms with Gasteiger partial charge in [-0.3, -0.25) is 0 Å². The smallest absolute Gasteiger partial charge is 0.161 e. The molecule has 0 radical (unpaired) electrons. The third kappa shape index (κ3) is 1.91. The maximum atomic E-state index is 9.13. The first-order valence-corrected chi connectivity index (χ1v) is 4.92. The number of hydrogen-bond acceptors (Lipinski definition) is 4. The van der Waals surface area contributed by atoms with Gasteiger partial charge in [0.2, 0.25) is 0 Å². The van der Waals surface area contributed by atoms with Gasteiger partial charge in [0.15, 0.2) is 17.6 Å². The van der Waals surface area contributed by atoms with Gasteiger partial charge in [-0.1, -0.05) is 12.1 Å². The van der Waals surface area contributed by atoms with Crippen LogP contribution in [0.1, 0.15) is 6.92 Å². The molecule has 2 atom stereocenters. The minimum atomic E-state index is -0.784. The van der Waals surface area contributed by atoms with E-state index in [1.54, 1.807) is 6.92 Å². The molecule has 1 aliphatic heterocycles. The maximum absolute atomic E-state index is 9.13. The first kappa shape index (κ1) is 10.3. The fourth-order valence-electron chi connectivity index (χ4n) is 1.45. The lowest BCUT2D eigenvalue weighted by Gasteiger charge is -2.35. The lowest BCUT2D eigenvalue weighted by molar-refractivity contribution is 0.0152. The van der Waals surface area contributed by atoms with Gasteiger partial charge in [0.05, 0.1) is 12.1 Å². The molecule has 15 heavy (non-hydrogen) atoms. The van der Waals surface area contributed by atoms with Gasteiger partial charge in [-0.15, -0.1) is 0 Å². The predicted molar refractivity (Wildman–Crippen MR) is 56.0 cm³/mol. The average molecular weight is 209 g/mol. The average Bonchev–Trinajstić information content (AvgIpc) is 2.28. The predicted octanol–water partition coefficient (Wildman–Crippen LogP) is 0.536. The van der Waals surface area contributed by atoms with Crippen molar-refractivity contribution in [1.29, 1.82) is 0 Å². The monoisotopic (exact) mass is 209 g/mol. The summed E-state index contributed by atoms with van der Waals surface area (Å²) in [5.41, 5.74) is 5.11. The van der Waals surface area contributed by atoms with Gasteiger partial charge in [-0.05, 0) is 19.1 Å². The first-order valence-electron chi connectivity index (χ1n) is 4.92. The maximum Gasteiger partial charge on any atom is 0.161 e. The molecule has 0 saturated heterocycles. The highest BCUT2D eigenvalue weighted by molar-refractivity contribution is 5.41. The van der Waals surface area contributed by atoms with E-state index in [-0.39, 0.29) is 12.7 Å². The van der Waals surface area contributed by atoms with E-state index in [1.807, 2.05) is 24.3 Å². The molecule has 4 heteroatoms. The SMILES string of the molecule is CC(N)(CO)C1COc2ccccc2O1. The van der Waals surface area contributed by atoms with Gasteiger partial charge < -0.3 is 20.3 Å². The van der Waals surface area contributed by atoms with Crippen LogP contribution in [0.25, 0.3) is 0 Å². The van der Waals surface area contributed by atoms with Crippen molar-refractivity contribution in [2.75, 3.05) is 13.2 Å². The molecule has 2 rings (SSSR count). The van der Waals surface area contributed by atoms with Crippen LogP contribution in [0.5, 0.6) is 11.5 Å². The topological polar surface area (TPSA) is 64.7 Å². The van der Waals surface area contributed by atoms with Crippen molar-refractivity contribution in [3.05, 3.63) is 24.3 Å². The molecule has 0 spiro atoms. The number of ether oxygens (including phenoxy) is 2. The summed E-state index contributed by atoms with van der Waals surface area (Å²) in [6.45, 7) is 1.97. The van der Waals surface area contributed by atoms with Crippen molar-refractivity contribution in [3.8, 4) is 11.5 Å². The molecule has 1 heterocycles. The molecule has 0 aliphatic carbocycles. The summed E-state index contributed by atoms with van der Waals surface area (Å²) in [7, 11) is 0. The molecule has 0 bridgehead atoms. The Morgan fingerprint density at radius 1 is 1.47 bits per heavy atom. The van der Waals surface area contributed by atoms with E-state index in [0.717, 1.165) is 5.75 Å². The van der Waals surface area contributed by atoms with Crippen molar-refractivity contribution >= 4 is 0 Å². The summed E-state index contributed by atoms with van der Waals surface area (Å²) < 4.78 is 11.2. The van der Waals surface area contributed by atoms with E-state index in [4.69, 9.17) is 20.3 Å². The Balaban J connectivity index is 2.19. The highest BCUT2D eigenvalue weighted by Crippen LogP contribution is 2.32.